The zero-order valence-electron chi connectivity index (χ0n) is 12.6. The van der Waals surface area contributed by atoms with Gasteiger partial charge < -0.3 is 0 Å². The van der Waals surface area contributed by atoms with Gasteiger partial charge in [-0.15, -0.1) is 0 Å². The summed E-state index contributed by atoms with van der Waals surface area (Å²) in [6.45, 7) is 1.88. The van der Waals surface area contributed by atoms with Gasteiger partial charge in [-0.3, -0.25) is 4.90 Å². The topological polar surface area (TPSA) is 74.8 Å². The molecule has 0 amide bonds. The van der Waals surface area contributed by atoms with Crippen LogP contribution in [-0.4, -0.2) is 69.8 Å². The molecule has 0 unspecified atom stereocenters. The molecule has 0 aromatic heterocycles. The molecule has 1 atom stereocenters. The Morgan fingerprint density at radius 2 is 1.65 bits per heavy atom. The highest BCUT2D eigenvalue weighted by Gasteiger charge is 2.36. The summed E-state index contributed by atoms with van der Waals surface area (Å²) in [7, 11) is -6.44. The van der Waals surface area contributed by atoms with Crippen LogP contribution in [0.2, 0.25) is 5.02 Å². The molecule has 2 aliphatic rings. The van der Waals surface area contributed by atoms with Crippen molar-refractivity contribution in [3.63, 3.8) is 0 Å². The number of piperazine rings is 1. The van der Waals surface area contributed by atoms with Crippen LogP contribution in [0.25, 0.3) is 0 Å². The Hall–Kier alpha value is -0.670. The van der Waals surface area contributed by atoms with Gasteiger partial charge in [-0.05, 0) is 30.7 Å². The number of hydrogen-bond acceptors (Lipinski definition) is 5. The highest BCUT2D eigenvalue weighted by molar-refractivity contribution is 7.91. The van der Waals surface area contributed by atoms with Crippen LogP contribution >= 0.6 is 11.6 Å². The van der Waals surface area contributed by atoms with Crippen LogP contribution in [0.1, 0.15) is 6.42 Å². The Labute approximate surface area is 142 Å². The van der Waals surface area contributed by atoms with Crippen molar-refractivity contribution in [1.29, 1.82) is 0 Å². The summed E-state index contributed by atoms with van der Waals surface area (Å²) in [6.07, 6.45) is 0.645. The van der Waals surface area contributed by atoms with Gasteiger partial charge >= 0.3 is 0 Å². The van der Waals surface area contributed by atoms with Crippen LogP contribution in [0, 0.1) is 0 Å². The minimum absolute atomic E-state index is 0.0281. The molecule has 23 heavy (non-hydrogen) atoms. The smallest absolute Gasteiger partial charge is 0.243 e. The number of halogens is 1. The van der Waals surface area contributed by atoms with Gasteiger partial charge in [0.1, 0.15) is 0 Å². The lowest BCUT2D eigenvalue weighted by molar-refractivity contribution is 0.148. The Kier molecular flexibility index (Phi) is 4.72. The maximum absolute atomic E-state index is 12.6. The fourth-order valence-electron chi connectivity index (χ4n) is 3.13. The van der Waals surface area contributed by atoms with Crippen LogP contribution in [0.15, 0.2) is 29.2 Å². The zero-order chi connectivity index (χ0) is 16.7. The number of sulfonamides is 1. The summed E-state index contributed by atoms with van der Waals surface area (Å²) in [6, 6.07) is 6.17. The van der Waals surface area contributed by atoms with E-state index in [0.29, 0.717) is 37.6 Å². The van der Waals surface area contributed by atoms with Crippen molar-refractivity contribution in [2.24, 2.45) is 0 Å². The number of rotatable bonds is 3. The number of benzene rings is 1. The van der Waals surface area contributed by atoms with E-state index in [0.717, 1.165) is 0 Å². The quantitative estimate of drug-likeness (QED) is 0.778. The van der Waals surface area contributed by atoms with E-state index in [9.17, 15) is 16.8 Å². The SMILES string of the molecule is O=S1(=O)CC[C@H](N2CCN(S(=O)(=O)c3ccc(Cl)cc3)CC2)C1. The summed E-state index contributed by atoms with van der Waals surface area (Å²) in [4.78, 5) is 2.33. The molecule has 0 radical (unpaired) electrons. The summed E-state index contributed by atoms with van der Waals surface area (Å²) >= 11 is 5.80. The zero-order valence-corrected chi connectivity index (χ0v) is 14.9. The van der Waals surface area contributed by atoms with Crippen LogP contribution < -0.4 is 0 Å². The van der Waals surface area contributed by atoms with E-state index in [1.54, 1.807) is 12.1 Å². The van der Waals surface area contributed by atoms with Crippen molar-refractivity contribution >= 4 is 31.5 Å². The predicted octanol–water partition coefficient (Wildman–Crippen LogP) is 0.833. The maximum atomic E-state index is 12.6. The van der Waals surface area contributed by atoms with Gasteiger partial charge in [0.25, 0.3) is 0 Å². The van der Waals surface area contributed by atoms with Gasteiger partial charge in [0.15, 0.2) is 9.84 Å². The summed E-state index contributed by atoms with van der Waals surface area (Å²) in [5.41, 5.74) is 0. The lowest BCUT2D eigenvalue weighted by atomic mass is 10.2. The number of sulfone groups is 1. The molecule has 1 aromatic rings. The van der Waals surface area contributed by atoms with E-state index in [1.165, 1.54) is 16.4 Å². The normalized spacial score (nSPS) is 26.4. The van der Waals surface area contributed by atoms with Crippen molar-refractivity contribution in [2.75, 3.05) is 37.7 Å². The highest BCUT2D eigenvalue weighted by atomic mass is 35.5. The monoisotopic (exact) mass is 378 g/mol. The molecule has 0 N–H and O–H groups in total. The lowest BCUT2D eigenvalue weighted by Gasteiger charge is -2.36. The van der Waals surface area contributed by atoms with Crippen molar-refractivity contribution in [3.8, 4) is 0 Å². The van der Waals surface area contributed by atoms with E-state index in [4.69, 9.17) is 11.6 Å². The third kappa shape index (κ3) is 3.71. The first-order valence-corrected chi connectivity index (χ1v) is 11.1. The molecule has 2 heterocycles. The lowest BCUT2D eigenvalue weighted by Crippen LogP contribution is -2.52. The average molecular weight is 379 g/mol. The fourth-order valence-corrected chi connectivity index (χ4v) is 6.44. The van der Waals surface area contributed by atoms with Gasteiger partial charge in [0, 0.05) is 37.2 Å². The van der Waals surface area contributed by atoms with E-state index in [2.05, 4.69) is 4.90 Å². The number of nitrogens with zero attached hydrogens (tertiary/aromatic N) is 2. The molecule has 2 aliphatic heterocycles. The second-order valence-electron chi connectivity index (χ2n) is 5.95. The molecule has 9 heteroatoms. The molecule has 0 bridgehead atoms. The Bertz CT molecular complexity index is 770. The first-order valence-electron chi connectivity index (χ1n) is 7.48. The molecule has 2 fully saturated rings. The molecular weight excluding hydrogens is 360 g/mol. The van der Waals surface area contributed by atoms with Crippen LogP contribution in [-0.2, 0) is 19.9 Å². The Morgan fingerprint density at radius 3 is 2.17 bits per heavy atom. The number of hydrogen-bond donors (Lipinski definition) is 0. The van der Waals surface area contributed by atoms with Crippen molar-refractivity contribution in [1.82, 2.24) is 9.21 Å². The maximum Gasteiger partial charge on any atom is 0.243 e. The van der Waals surface area contributed by atoms with Crippen molar-refractivity contribution in [2.45, 2.75) is 17.4 Å². The third-order valence-electron chi connectivity index (χ3n) is 4.45. The second-order valence-corrected chi connectivity index (χ2v) is 10.6. The first-order chi connectivity index (χ1) is 10.8. The summed E-state index contributed by atoms with van der Waals surface area (Å²) < 4.78 is 49.8. The predicted molar refractivity (Wildman–Crippen MR) is 88.8 cm³/mol. The van der Waals surface area contributed by atoms with Crippen LogP contribution in [0.4, 0.5) is 0 Å². The second kappa shape index (κ2) is 6.33. The van der Waals surface area contributed by atoms with E-state index < -0.39 is 19.9 Å². The Morgan fingerprint density at radius 1 is 1.04 bits per heavy atom. The Balaban J connectivity index is 1.65. The molecule has 2 saturated heterocycles. The fraction of sp³-hybridized carbons (Fsp3) is 0.571. The molecule has 6 nitrogen and oxygen atoms in total. The van der Waals surface area contributed by atoms with Gasteiger partial charge in [0.05, 0.1) is 16.4 Å². The standard InChI is InChI=1S/C14H19ClN2O4S2/c15-12-1-3-14(4-2-12)23(20,21)17-8-6-16(7-9-17)13-5-10-22(18,19)11-13/h1-4,13H,5-11H2/t13-/m0/s1. The average Bonchev–Trinajstić information content (AvgIpc) is 2.88. The minimum atomic E-state index is -3.52. The van der Waals surface area contributed by atoms with Crippen molar-refractivity contribution < 1.29 is 16.8 Å². The molecule has 1 aromatic carbocycles. The van der Waals surface area contributed by atoms with Gasteiger partial charge in [-0.1, -0.05) is 11.6 Å². The van der Waals surface area contributed by atoms with E-state index in [-0.39, 0.29) is 22.4 Å². The molecule has 0 aliphatic carbocycles. The van der Waals surface area contributed by atoms with Crippen LogP contribution in [0.3, 0.4) is 0 Å². The first kappa shape index (κ1) is 17.2. The molecular formula is C14H19ClN2O4S2. The van der Waals surface area contributed by atoms with E-state index in [1.807, 2.05) is 0 Å². The van der Waals surface area contributed by atoms with Gasteiger partial charge in [-0.2, -0.15) is 4.31 Å². The summed E-state index contributed by atoms with van der Waals surface area (Å²) in [5, 5.41) is 0.496. The van der Waals surface area contributed by atoms with Crippen molar-refractivity contribution in [3.05, 3.63) is 29.3 Å². The largest absolute Gasteiger partial charge is 0.297 e. The highest BCUT2D eigenvalue weighted by Crippen LogP contribution is 2.23. The molecule has 128 valence electrons. The van der Waals surface area contributed by atoms with E-state index >= 15 is 0 Å². The molecule has 0 saturated carbocycles. The molecule has 0 spiro atoms. The molecule has 3 rings (SSSR count). The van der Waals surface area contributed by atoms with Gasteiger partial charge in [0.2, 0.25) is 10.0 Å². The minimum Gasteiger partial charge on any atom is -0.297 e. The summed E-state index contributed by atoms with van der Waals surface area (Å²) in [5.74, 6) is 0.428. The third-order valence-corrected chi connectivity index (χ3v) is 8.36. The van der Waals surface area contributed by atoms with Crippen LogP contribution in [0.5, 0.6) is 0 Å². The van der Waals surface area contributed by atoms with Gasteiger partial charge in [-0.25, -0.2) is 16.8 Å².